The minimum absolute atomic E-state index is 0.0164. The molecule has 1 atom stereocenters. The van der Waals surface area contributed by atoms with Crippen molar-refractivity contribution in [2.45, 2.75) is 89.8 Å². The Morgan fingerprint density at radius 3 is 2.62 bits per heavy atom. The first-order valence-electron chi connectivity index (χ1n) is 9.76. The summed E-state index contributed by atoms with van der Waals surface area (Å²) in [6, 6.07) is 0. The molecular formula is C19H35N3O2. The summed E-state index contributed by atoms with van der Waals surface area (Å²) >= 11 is 0. The van der Waals surface area contributed by atoms with Crippen LogP contribution in [0.5, 0.6) is 0 Å². The highest BCUT2D eigenvalue weighted by atomic mass is 16.5. The van der Waals surface area contributed by atoms with Crippen LogP contribution in [0.4, 0.5) is 0 Å². The second kappa shape index (κ2) is 9.52. The third-order valence-electron chi connectivity index (χ3n) is 5.38. The number of carbonyl (C=O) groups excluding carboxylic acids is 1. The fraction of sp³-hybridized carbons (Fsp3) is 0.895. The van der Waals surface area contributed by atoms with Crippen LogP contribution in [0.1, 0.15) is 78.1 Å². The van der Waals surface area contributed by atoms with Crippen LogP contribution < -0.4 is 5.43 Å². The lowest BCUT2D eigenvalue weighted by Crippen LogP contribution is -2.42. The average molecular weight is 338 g/mol. The topological polar surface area (TPSA) is 53.9 Å². The molecule has 138 valence electrons. The fourth-order valence-electron chi connectivity index (χ4n) is 3.67. The van der Waals surface area contributed by atoms with E-state index in [4.69, 9.17) is 4.74 Å². The van der Waals surface area contributed by atoms with Gasteiger partial charge in [-0.3, -0.25) is 4.79 Å². The molecule has 0 aromatic heterocycles. The number of rotatable bonds is 8. The zero-order valence-corrected chi connectivity index (χ0v) is 15.8. The van der Waals surface area contributed by atoms with Gasteiger partial charge in [-0.15, -0.1) is 0 Å². The van der Waals surface area contributed by atoms with Gasteiger partial charge >= 0.3 is 0 Å². The normalized spacial score (nSPS) is 25.5. The van der Waals surface area contributed by atoms with E-state index in [1.165, 1.54) is 25.7 Å². The molecule has 2 heterocycles. The lowest BCUT2D eigenvalue weighted by atomic mass is 9.88. The second-order valence-corrected chi connectivity index (χ2v) is 7.58. The third-order valence-corrected chi connectivity index (χ3v) is 5.38. The van der Waals surface area contributed by atoms with E-state index in [9.17, 15) is 4.79 Å². The van der Waals surface area contributed by atoms with E-state index in [2.05, 4.69) is 29.4 Å². The first-order valence-corrected chi connectivity index (χ1v) is 9.76. The number of hydrazone groups is 1. The Morgan fingerprint density at radius 1 is 1.25 bits per heavy atom. The van der Waals surface area contributed by atoms with Crippen LogP contribution in [0.2, 0.25) is 0 Å². The summed E-state index contributed by atoms with van der Waals surface area (Å²) in [6.45, 7) is 6.41. The highest BCUT2D eigenvalue weighted by Crippen LogP contribution is 2.37. The van der Waals surface area contributed by atoms with Gasteiger partial charge in [0.2, 0.25) is 5.91 Å². The summed E-state index contributed by atoms with van der Waals surface area (Å²) in [5.74, 6) is 0.0366. The predicted octanol–water partition coefficient (Wildman–Crippen LogP) is 3.48. The second-order valence-electron chi connectivity index (χ2n) is 7.58. The van der Waals surface area contributed by atoms with Gasteiger partial charge in [0, 0.05) is 25.9 Å². The molecule has 0 aliphatic carbocycles. The van der Waals surface area contributed by atoms with Gasteiger partial charge in [-0.2, -0.15) is 5.10 Å². The molecule has 2 aliphatic rings. The number of nitrogens with zero attached hydrogens (tertiary/aromatic N) is 2. The molecule has 1 unspecified atom stereocenters. The zero-order chi connectivity index (χ0) is 17.4. The summed E-state index contributed by atoms with van der Waals surface area (Å²) in [6.07, 6.45) is 10.7. The molecule has 0 radical (unpaired) electrons. The van der Waals surface area contributed by atoms with Crippen LogP contribution in [-0.2, 0) is 9.53 Å². The van der Waals surface area contributed by atoms with E-state index in [1.54, 1.807) is 0 Å². The minimum atomic E-state index is -0.0469. The summed E-state index contributed by atoms with van der Waals surface area (Å²) in [7, 11) is 2.16. The van der Waals surface area contributed by atoms with Crippen LogP contribution in [0.15, 0.2) is 5.10 Å². The van der Waals surface area contributed by atoms with Crippen molar-refractivity contribution in [1.82, 2.24) is 10.3 Å². The van der Waals surface area contributed by atoms with Gasteiger partial charge in [-0.1, -0.05) is 39.0 Å². The Bertz CT molecular complexity index is 428. The Morgan fingerprint density at radius 2 is 1.92 bits per heavy atom. The van der Waals surface area contributed by atoms with Crippen LogP contribution in [-0.4, -0.2) is 48.4 Å². The number of hydrogen-bond donors (Lipinski definition) is 1. The Kier molecular flexibility index (Phi) is 7.69. The predicted molar refractivity (Wildman–Crippen MR) is 98.2 cm³/mol. The van der Waals surface area contributed by atoms with Gasteiger partial charge < -0.3 is 9.64 Å². The van der Waals surface area contributed by atoms with Crippen molar-refractivity contribution in [3.63, 3.8) is 0 Å². The molecule has 2 rings (SSSR count). The number of unbranched alkanes of at least 4 members (excludes halogenated alkanes) is 5. The van der Waals surface area contributed by atoms with Crippen molar-refractivity contribution in [3.05, 3.63) is 0 Å². The number of amides is 1. The molecule has 5 heteroatoms. The summed E-state index contributed by atoms with van der Waals surface area (Å²) in [4.78, 5) is 14.3. The standard InChI is InChI=1S/C19H35N3O2/c1-4-5-6-7-8-9-10-18(23)21-20-17-15-19(24-16(17)2)11-13-22(3)14-12-19/h16H,4-15H2,1-3H3,(H,21,23)/b20-17+. The molecule has 0 bridgehead atoms. The smallest absolute Gasteiger partial charge is 0.240 e. The molecule has 5 nitrogen and oxygen atoms in total. The summed E-state index contributed by atoms with van der Waals surface area (Å²) in [5, 5.41) is 4.38. The van der Waals surface area contributed by atoms with Gasteiger partial charge in [0.05, 0.1) is 17.4 Å². The van der Waals surface area contributed by atoms with Crippen molar-refractivity contribution in [2.75, 3.05) is 20.1 Å². The number of carbonyl (C=O) groups is 1. The van der Waals surface area contributed by atoms with E-state index in [1.807, 2.05) is 6.92 Å². The van der Waals surface area contributed by atoms with Crippen molar-refractivity contribution in [1.29, 1.82) is 0 Å². The summed E-state index contributed by atoms with van der Waals surface area (Å²) < 4.78 is 6.21. The molecular weight excluding hydrogens is 302 g/mol. The number of hydrogen-bond acceptors (Lipinski definition) is 4. The van der Waals surface area contributed by atoms with Crippen molar-refractivity contribution in [3.8, 4) is 0 Å². The maximum absolute atomic E-state index is 11.9. The number of ether oxygens (including phenoxy) is 1. The largest absolute Gasteiger partial charge is 0.366 e. The van der Waals surface area contributed by atoms with Crippen molar-refractivity contribution >= 4 is 11.6 Å². The molecule has 1 N–H and O–H groups in total. The zero-order valence-electron chi connectivity index (χ0n) is 15.8. The van der Waals surface area contributed by atoms with Gasteiger partial charge in [-0.05, 0) is 33.2 Å². The van der Waals surface area contributed by atoms with Crippen molar-refractivity contribution in [2.24, 2.45) is 5.10 Å². The Hall–Kier alpha value is -0.940. The van der Waals surface area contributed by atoms with Crippen LogP contribution in [0.3, 0.4) is 0 Å². The first kappa shape index (κ1) is 19.4. The number of nitrogens with one attached hydrogen (secondary N) is 1. The molecule has 2 saturated heterocycles. The monoisotopic (exact) mass is 337 g/mol. The minimum Gasteiger partial charge on any atom is -0.366 e. The Labute approximate surface area is 147 Å². The molecule has 24 heavy (non-hydrogen) atoms. The van der Waals surface area contributed by atoms with Gasteiger partial charge in [0.15, 0.2) is 0 Å². The molecule has 2 aliphatic heterocycles. The molecule has 2 fully saturated rings. The maximum atomic E-state index is 11.9. The van der Waals surface area contributed by atoms with E-state index in [-0.39, 0.29) is 17.6 Å². The molecule has 0 saturated carbocycles. The lowest BCUT2D eigenvalue weighted by Gasteiger charge is -2.36. The van der Waals surface area contributed by atoms with E-state index >= 15 is 0 Å². The van der Waals surface area contributed by atoms with E-state index < -0.39 is 0 Å². The molecule has 1 spiro atoms. The van der Waals surface area contributed by atoms with Gasteiger partial charge in [0.1, 0.15) is 0 Å². The molecule has 0 aromatic rings. The highest BCUT2D eigenvalue weighted by molar-refractivity contribution is 5.92. The summed E-state index contributed by atoms with van der Waals surface area (Å²) in [5.41, 5.74) is 3.70. The van der Waals surface area contributed by atoms with Crippen molar-refractivity contribution < 1.29 is 9.53 Å². The fourth-order valence-corrected chi connectivity index (χ4v) is 3.67. The van der Waals surface area contributed by atoms with E-state index in [0.717, 1.165) is 50.9 Å². The lowest BCUT2D eigenvalue weighted by molar-refractivity contribution is -0.121. The molecule has 0 aromatic carbocycles. The maximum Gasteiger partial charge on any atom is 0.240 e. The van der Waals surface area contributed by atoms with Gasteiger partial charge in [0.25, 0.3) is 0 Å². The van der Waals surface area contributed by atoms with Crippen LogP contribution >= 0.6 is 0 Å². The highest BCUT2D eigenvalue weighted by Gasteiger charge is 2.44. The quantitative estimate of drug-likeness (QED) is 0.545. The van der Waals surface area contributed by atoms with Crippen LogP contribution in [0.25, 0.3) is 0 Å². The van der Waals surface area contributed by atoms with Crippen LogP contribution in [0, 0.1) is 0 Å². The number of likely N-dealkylation sites (tertiary alicyclic amines) is 1. The van der Waals surface area contributed by atoms with Gasteiger partial charge in [-0.25, -0.2) is 5.43 Å². The Balaban J connectivity index is 1.69. The third kappa shape index (κ3) is 5.85. The average Bonchev–Trinajstić information content (AvgIpc) is 2.88. The van der Waals surface area contributed by atoms with E-state index in [0.29, 0.717) is 6.42 Å². The SMILES string of the molecule is CCCCCCCCC(=O)N/N=C1\CC2(CCN(C)CC2)OC1C. The number of piperidine rings is 1. The molecule has 1 amide bonds. The first-order chi connectivity index (χ1) is 11.5.